The molecular formula is C20H21BrN2O4. The number of aryl methyl sites for hydroxylation is 1. The van der Waals surface area contributed by atoms with Crippen LogP contribution in [0.25, 0.3) is 0 Å². The number of hydrogen-bond acceptors (Lipinski definition) is 4. The summed E-state index contributed by atoms with van der Waals surface area (Å²) in [5.41, 5.74) is 2.49. The molecule has 1 heterocycles. The first kappa shape index (κ1) is 19.2. The number of anilines is 1. The molecule has 2 aromatic carbocycles. The molecule has 0 radical (unpaired) electrons. The number of benzene rings is 2. The van der Waals surface area contributed by atoms with Crippen LogP contribution >= 0.6 is 15.9 Å². The van der Waals surface area contributed by atoms with Crippen LogP contribution in [0.3, 0.4) is 0 Å². The molecule has 7 heteroatoms. The normalized spacial score (nSPS) is 16.9. The number of carbonyl (C=O) groups is 2. The van der Waals surface area contributed by atoms with Gasteiger partial charge < -0.3 is 9.47 Å². The van der Waals surface area contributed by atoms with Crippen LogP contribution in [0.1, 0.15) is 18.1 Å². The molecule has 1 aliphatic rings. The van der Waals surface area contributed by atoms with Crippen molar-refractivity contribution in [1.82, 2.24) is 4.90 Å². The SMILES string of the molecule is COc1cc(CN2C(=O)[C@H](C)N(c3ccc(C)cc3)C2=O)c(OC)cc1Br. The van der Waals surface area contributed by atoms with Crippen molar-refractivity contribution in [3.63, 3.8) is 0 Å². The molecule has 1 aliphatic heterocycles. The van der Waals surface area contributed by atoms with Gasteiger partial charge in [0.25, 0.3) is 5.91 Å². The van der Waals surface area contributed by atoms with Gasteiger partial charge in [0.1, 0.15) is 17.5 Å². The van der Waals surface area contributed by atoms with Gasteiger partial charge in [0.2, 0.25) is 0 Å². The van der Waals surface area contributed by atoms with Gasteiger partial charge in [-0.1, -0.05) is 17.7 Å². The molecule has 142 valence electrons. The van der Waals surface area contributed by atoms with E-state index in [1.54, 1.807) is 33.3 Å². The van der Waals surface area contributed by atoms with Crippen molar-refractivity contribution in [2.75, 3.05) is 19.1 Å². The van der Waals surface area contributed by atoms with Crippen molar-refractivity contribution < 1.29 is 19.1 Å². The number of imide groups is 1. The largest absolute Gasteiger partial charge is 0.496 e. The van der Waals surface area contributed by atoms with Crippen molar-refractivity contribution >= 4 is 33.6 Å². The van der Waals surface area contributed by atoms with Gasteiger partial charge in [-0.25, -0.2) is 4.79 Å². The summed E-state index contributed by atoms with van der Waals surface area (Å²) in [4.78, 5) is 28.5. The zero-order valence-corrected chi connectivity index (χ0v) is 17.2. The zero-order chi connectivity index (χ0) is 19.7. The van der Waals surface area contributed by atoms with E-state index < -0.39 is 6.04 Å². The molecule has 0 saturated carbocycles. The van der Waals surface area contributed by atoms with Crippen LogP contribution in [0.2, 0.25) is 0 Å². The summed E-state index contributed by atoms with van der Waals surface area (Å²) in [6.45, 7) is 3.82. The van der Waals surface area contributed by atoms with Crippen LogP contribution in [0.4, 0.5) is 10.5 Å². The number of methoxy groups -OCH3 is 2. The molecule has 27 heavy (non-hydrogen) atoms. The van der Waals surface area contributed by atoms with E-state index in [1.807, 2.05) is 31.2 Å². The number of amides is 3. The second kappa shape index (κ2) is 7.60. The van der Waals surface area contributed by atoms with Crippen LogP contribution in [0.15, 0.2) is 40.9 Å². The van der Waals surface area contributed by atoms with Crippen molar-refractivity contribution in [3.05, 3.63) is 52.0 Å². The maximum atomic E-state index is 13.0. The van der Waals surface area contributed by atoms with Gasteiger partial charge in [0, 0.05) is 11.3 Å². The summed E-state index contributed by atoms with van der Waals surface area (Å²) in [6.07, 6.45) is 0. The van der Waals surface area contributed by atoms with E-state index in [9.17, 15) is 9.59 Å². The number of carbonyl (C=O) groups excluding carboxylic acids is 2. The predicted molar refractivity (Wildman–Crippen MR) is 106 cm³/mol. The molecule has 0 unspecified atom stereocenters. The summed E-state index contributed by atoms with van der Waals surface area (Å²) in [5.74, 6) is 0.933. The molecule has 6 nitrogen and oxygen atoms in total. The number of nitrogens with zero attached hydrogens (tertiary/aromatic N) is 2. The van der Waals surface area contributed by atoms with E-state index in [2.05, 4.69) is 15.9 Å². The first-order valence-corrected chi connectivity index (χ1v) is 9.28. The van der Waals surface area contributed by atoms with Gasteiger partial charge >= 0.3 is 6.03 Å². The monoisotopic (exact) mass is 432 g/mol. The Kier molecular flexibility index (Phi) is 5.41. The lowest BCUT2D eigenvalue weighted by Gasteiger charge is -2.20. The molecule has 0 aliphatic carbocycles. The highest BCUT2D eigenvalue weighted by Gasteiger charge is 2.43. The van der Waals surface area contributed by atoms with Crippen molar-refractivity contribution in [2.24, 2.45) is 0 Å². The minimum Gasteiger partial charge on any atom is -0.496 e. The average molecular weight is 433 g/mol. The fourth-order valence-corrected chi connectivity index (χ4v) is 3.61. The number of halogens is 1. The minimum atomic E-state index is -0.566. The Balaban J connectivity index is 1.93. The van der Waals surface area contributed by atoms with Crippen LogP contribution in [-0.2, 0) is 11.3 Å². The third-order valence-electron chi connectivity index (χ3n) is 4.64. The first-order chi connectivity index (χ1) is 12.9. The number of urea groups is 1. The van der Waals surface area contributed by atoms with Crippen molar-refractivity contribution in [2.45, 2.75) is 26.4 Å². The summed E-state index contributed by atoms with van der Waals surface area (Å²) >= 11 is 3.41. The van der Waals surface area contributed by atoms with Crippen molar-refractivity contribution in [3.8, 4) is 11.5 Å². The van der Waals surface area contributed by atoms with E-state index >= 15 is 0 Å². The Morgan fingerprint density at radius 1 is 1.04 bits per heavy atom. The van der Waals surface area contributed by atoms with Crippen molar-refractivity contribution in [1.29, 1.82) is 0 Å². The standard InChI is InChI=1S/C20H21BrN2O4/c1-12-5-7-15(8-6-12)23-13(2)19(24)22(20(23)25)11-14-9-18(27-4)16(21)10-17(14)26-3/h5-10,13H,11H2,1-4H3/t13-/m0/s1. The van der Waals surface area contributed by atoms with Crippen LogP contribution in [-0.4, -0.2) is 37.1 Å². The van der Waals surface area contributed by atoms with Gasteiger partial charge in [-0.2, -0.15) is 0 Å². The molecule has 3 amide bonds. The maximum absolute atomic E-state index is 13.0. The molecule has 3 rings (SSSR count). The summed E-state index contributed by atoms with van der Waals surface area (Å²) in [6, 6.07) is 10.2. The number of rotatable bonds is 5. The second-order valence-corrected chi connectivity index (χ2v) is 7.24. The highest BCUT2D eigenvalue weighted by atomic mass is 79.9. The van der Waals surface area contributed by atoms with Crippen LogP contribution in [0, 0.1) is 6.92 Å². The minimum absolute atomic E-state index is 0.108. The average Bonchev–Trinajstić information content (AvgIpc) is 2.87. The molecule has 0 aromatic heterocycles. The fourth-order valence-electron chi connectivity index (χ4n) is 3.13. The van der Waals surface area contributed by atoms with E-state index in [1.165, 1.54) is 9.80 Å². The van der Waals surface area contributed by atoms with E-state index in [-0.39, 0.29) is 18.5 Å². The summed E-state index contributed by atoms with van der Waals surface area (Å²) in [5, 5.41) is 0. The fraction of sp³-hybridized carbons (Fsp3) is 0.300. The first-order valence-electron chi connectivity index (χ1n) is 8.49. The molecular weight excluding hydrogens is 412 g/mol. The molecule has 1 fully saturated rings. The summed E-state index contributed by atoms with van der Waals surface area (Å²) in [7, 11) is 3.11. The van der Waals surface area contributed by atoms with Gasteiger partial charge in [0.15, 0.2) is 0 Å². The predicted octanol–water partition coefficient (Wildman–Crippen LogP) is 4.13. The van der Waals surface area contributed by atoms with Gasteiger partial charge in [-0.15, -0.1) is 0 Å². The van der Waals surface area contributed by atoms with E-state index in [4.69, 9.17) is 9.47 Å². The molecule has 0 N–H and O–H groups in total. The summed E-state index contributed by atoms with van der Waals surface area (Å²) < 4.78 is 11.5. The number of hydrogen-bond donors (Lipinski definition) is 0. The molecule has 1 atom stereocenters. The Morgan fingerprint density at radius 3 is 2.26 bits per heavy atom. The van der Waals surface area contributed by atoms with E-state index in [0.717, 1.165) is 10.0 Å². The van der Waals surface area contributed by atoms with Gasteiger partial charge in [-0.05, 0) is 54.0 Å². The molecule has 0 bridgehead atoms. The zero-order valence-electron chi connectivity index (χ0n) is 15.7. The topological polar surface area (TPSA) is 59.1 Å². The third-order valence-corrected chi connectivity index (χ3v) is 5.26. The Morgan fingerprint density at radius 2 is 1.67 bits per heavy atom. The molecule has 0 spiro atoms. The highest BCUT2D eigenvalue weighted by molar-refractivity contribution is 9.10. The Hall–Kier alpha value is -2.54. The maximum Gasteiger partial charge on any atom is 0.332 e. The van der Waals surface area contributed by atoms with Gasteiger partial charge in [-0.3, -0.25) is 14.6 Å². The highest BCUT2D eigenvalue weighted by Crippen LogP contribution is 2.35. The lowest BCUT2D eigenvalue weighted by Crippen LogP contribution is -2.33. The van der Waals surface area contributed by atoms with Crippen LogP contribution < -0.4 is 14.4 Å². The van der Waals surface area contributed by atoms with Gasteiger partial charge in [0.05, 0.1) is 25.2 Å². The Bertz CT molecular complexity index is 882. The third kappa shape index (κ3) is 3.51. The number of ether oxygens (including phenoxy) is 2. The molecule has 1 saturated heterocycles. The van der Waals surface area contributed by atoms with E-state index in [0.29, 0.717) is 22.7 Å². The lowest BCUT2D eigenvalue weighted by molar-refractivity contribution is -0.127. The lowest BCUT2D eigenvalue weighted by atomic mass is 10.1. The smallest absolute Gasteiger partial charge is 0.332 e. The quantitative estimate of drug-likeness (QED) is 0.666. The second-order valence-electron chi connectivity index (χ2n) is 6.39. The van der Waals surface area contributed by atoms with Crippen LogP contribution in [0.5, 0.6) is 11.5 Å². The molecule has 2 aromatic rings. The Labute approximate surface area is 166 Å².